The van der Waals surface area contributed by atoms with Crippen LogP contribution in [-0.4, -0.2) is 41.0 Å². The maximum atomic E-state index is 12.4. The number of phosphoric ester groups is 1. The summed E-state index contributed by atoms with van der Waals surface area (Å²) in [5, 5.41) is 0. The minimum atomic E-state index is -4.77. The molecule has 0 fully saturated rings. The van der Waals surface area contributed by atoms with Crippen LogP contribution in [0.25, 0.3) is 0 Å². The lowest BCUT2D eigenvalue weighted by Crippen LogP contribution is -2.29. The molecule has 0 saturated carbocycles. The van der Waals surface area contributed by atoms with Gasteiger partial charge in [-0.1, -0.05) is 177 Å². The Bertz CT molecular complexity index is 1090. The third-order valence-corrected chi connectivity index (χ3v) is 9.99. The summed E-state index contributed by atoms with van der Waals surface area (Å²) in [5.74, 6) is -0.952. The summed E-state index contributed by atoms with van der Waals surface area (Å²) in [6.07, 6.45) is 53.8. The molecule has 0 aromatic heterocycles. The van der Waals surface area contributed by atoms with Crippen LogP contribution in [0.1, 0.15) is 206 Å². The number of carbonyl (C=O) groups excluding carboxylic acids is 2. The predicted molar refractivity (Wildman–Crippen MR) is 234 cm³/mol. The third-order valence-electron chi connectivity index (χ3n) is 9.51. The van der Waals surface area contributed by atoms with Crippen LogP contribution in [0.15, 0.2) is 60.8 Å². The molecule has 0 saturated heterocycles. The van der Waals surface area contributed by atoms with Gasteiger partial charge in [0.05, 0.1) is 6.61 Å². The van der Waals surface area contributed by atoms with Crippen molar-refractivity contribution >= 4 is 19.8 Å². The Morgan fingerprint density at radius 3 is 1.29 bits per heavy atom. The van der Waals surface area contributed by atoms with E-state index in [-0.39, 0.29) is 19.4 Å². The highest BCUT2D eigenvalue weighted by Gasteiger charge is 2.22. The molecule has 0 rings (SSSR count). The summed E-state index contributed by atoms with van der Waals surface area (Å²) < 4.78 is 26.4. The van der Waals surface area contributed by atoms with E-state index in [1.807, 2.05) is 6.08 Å². The van der Waals surface area contributed by atoms with Crippen molar-refractivity contribution in [3.63, 3.8) is 0 Å². The Kier molecular flexibility index (Phi) is 40.7. The van der Waals surface area contributed by atoms with Gasteiger partial charge in [-0.3, -0.25) is 14.1 Å². The molecule has 9 heteroatoms. The van der Waals surface area contributed by atoms with Crippen molar-refractivity contribution in [3.8, 4) is 0 Å². The summed E-state index contributed by atoms with van der Waals surface area (Å²) in [6, 6.07) is 0. The lowest BCUT2D eigenvalue weighted by molar-refractivity contribution is -0.161. The number of hydrogen-bond donors (Lipinski definition) is 2. The highest BCUT2D eigenvalue weighted by molar-refractivity contribution is 7.46. The first-order chi connectivity index (χ1) is 27.3. The van der Waals surface area contributed by atoms with E-state index in [2.05, 4.69) is 73.1 Å². The second kappa shape index (κ2) is 42.4. The maximum absolute atomic E-state index is 12.4. The number of phosphoric acid groups is 1. The van der Waals surface area contributed by atoms with Crippen LogP contribution in [0.2, 0.25) is 0 Å². The SMILES string of the molecule is CCCCCC/C=C/CCCCCCCCCCCC(=O)O[C@H](COC(=O)CCC/C=C/C/C=C/C/C=C/C/C=C/CCCCCCCCC)COP(=O)(O)O. The number of rotatable bonds is 41. The zero-order valence-electron chi connectivity index (χ0n) is 35.8. The normalized spacial score (nSPS) is 13.0. The number of hydrogen-bond acceptors (Lipinski definition) is 6. The zero-order chi connectivity index (χ0) is 41.1. The van der Waals surface area contributed by atoms with E-state index in [0.717, 1.165) is 44.9 Å². The van der Waals surface area contributed by atoms with Crippen molar-refractivity contribution in [2.24, 2.45) is 0 Å². The third kappa shape index (κ3) is 44.5. The molecule has 2 N–H and O–H groups in total. The van der Waals surface area contributed by atoms with E-state index in [0.29, 0.717) is 12.8 Å². The van der Waals surface area contributed by atoms with Gasteiger partial charge in [0.25, 0.3) is 0 Å². The molecule has 0 spiro atoms. The minimum absolute atomic E-state index is 0.190. The van der Waals surface area contributed by atoms with Gasteiger partial charge < -0.3 is 19.3 Å². The van der Waals surface area contributed by atoms with E-state index in [4.69, 9.17) is 19.3 Å². The van der Waals surface area contributed by atoms with Crippen LogP contribution in [-0.2, 0) is 28.2 Å². The second-order valence-corrected chi connectivity index (χ2v) is 16.3. The highest BCUT2D eigenvalue weighted by atomic mass is 31.2. The molecule has 0 bridgehead atoms. The molecule has 0 heterocycles. The first-order valence-corrected chi connectivity index (χ1v) is 24.1. The first kappa shape index (κ1) is 53.8. The van der Waals surface area contributed by atoms with Crippen molar-refractivity contribution < 1.29 is 37.9 Å². The highest BCUT2D eigenvalue weighted by Crippen LogP contribution is 2.36. The summed E-state index contributed by atoms with van der Waals surface area (Å²) in [6.45, 7) is 3.63. The summed E-state index contributed by atoms with van der Waals surface area (Å²) in [4.78, 5) is 42.9. The Morgan fingerprint density at radius 2 is 0.821 bits per heavy atom. The molecule has 324 valence electrons. The van der Waals surface area contributed by atoms with Crippen molar-refractivity contribution in [1.82, 2.24) is 0 Å². The molecule has 8 nitrogen and oxygen atoms in total. The molecule has 0 radical (unpaired) electrons. The number of esters is 2. The minimum Gasteiger partial charge on any atom is -0.462 e. The second-order valence-electron chi connectivity index (χ2n) is 15.0. The fraction of sp³-hybridized carbons (Fsp3) is 0.745. The van der Waals surface area contributed by atoms with E-state index in [9.17, 15) is 14.2 Å². The summed E-state index contributed by atoms with van der Waals surface area (Å²) in [7, 11) is -4.77. The standard InChI is InChI=1S/C47H83O8P/c1-3-5-7-9-11-13-15-17-19-21-22-23-24-26-27-29-31-33-35-37-39-41-46(48)53-43-45(44-54-56(50,51)52)55-47(49)42-40-38-36-34-32-30-28-25-20-18-16-14-12-10-8-6-4-2/h14,16,19,21,23-24,27,29,33,35,45H,3-13,15,17-18,20,22,25-26,28,30-32,34,36-44H2,1-2H3,(H2,50,51,52)/b16-14+,21-19+,24-23+,29-27+,35-33+/t45-/m1/s1. The average Bonchev–Trinajstić information content (AvgIpc) is 3.17. The van der Waals surface area contributed by atoms with Gasteiger partial charge in [0.2, 0.25) is 0 Å². The molecule has 0 aliphatic rings. The van der Waals surface area contributed by atoms with Crippen molar-refractivity contribution in [3.05, 3.63) is 60.8 Å². The fourth-order valence-electron chi connectivity index (χ4n) is 6.13. The van der Waals surface area contributed by atoms with Gasteiger partial charge in [0.1, 0.15) is 6.61 Å². The first-order valence-electron chi connectivity index (χ1n) is 22.6. The molecule has 0 aliphatic heterocycles. The Labute approximate surface area is 343 Å². The van der Waals surface area contributed by atoms with Gasteiger partial charge in [0, 0.05) is 12.8 Å². The lowest BCUT2D eigenvalue weighted by Gasteiger charge is -2.18. The molecule has 0 aliphatic carbocycles. The van der Waals surface area contributed by atoms with Crippen molar-refractivity contribution in [1.29, 1.82) is 0 Å². The molecule has 1 atom stereocenters. The fourth-order valence-corrected chi connectivity index (χ4v) is 6.49. The molecule has 0 amide bonds. The predicted octanol–water partition coefficient (Wildman–Crippen LogP) is 14.1. The van der Waals surface area contributed by atoms with Gasteiger partial charge in [-0.25, -0.2) is 4.57 Å². The van der Waals surface area contributed by atoms with Crippen LogP contribution in [0.5, 0.6) is 0 Å². The van der Waals surface area contributed by atoms with Gasteiger partial charge in [-0.15, -0.1) is 0 Å². The van der Waals surface area contributed by atoms with Crippen molar-refractivity contribution in [2.75, 3.05) is 13.2 Å². The molecular formula is C47H83O8P. The molecule has 0 aromatic carbocycles. The topological polar surface area (TPSA) is 119 Å². The van der Waals surface area contributed by atoms with Crippen LogP contribution < -0.4 is 0 Å². The summed E-state index contributed by atoms with van der Waals surface area (Å²) >= 11 is 0. The van der Waals surface area contributed by atoms with E-state index in [1.165, 1.54) is 122 Å². The van der Waals surface area contributed by atoms with Crippen molar-refractivity contribution in [2.45, 2.75) is 213 Å². The zero-order valence-corrected chi connectivity index (χ0v) is 36.7. The van der Waals surface area contributed by atoms with Crippen LogP contribution in [0.4, 0.5) is 0 Å². The van der Waals surface area contributed by atoms with Gasteiger partial charge >= 0.3 is 19.8 Å². The number of ether oxygens (including phenoxy) is 2. The Hall–Kier alpha value is -2.25. The average molecular weight is 807 g/mol. The maximum Gasteiger partial charge on any atom is 0.469 e. The van der Waals surface area contributed by atoms with E-state index in [1.54, 1.807) is 0 Å². The lowest BCUT2D eigenvalue weighted by atomic mass is 10.1. The van der Waals surface area contributed by atoms with E-state index < -0.39 is 32.5 Å². The van der Waals surface area contributed by atoms with Crippen LogP contribution in [0.3, 0.4) is 0 Å². The van der Waals surface area contributed by atoms with Gasteiger partial charge in [0.15, 0.2) is 6.10 Å². The van der Waals surface area contributed by atoms with Crippen LogP contribution >= 0.6 is 7.82 Å². The smallest absolute Gasteiger partial charge is 0.462 e. The van der Waals surface area contributed by atoms with E-state index >= 15 is 0 Å². The largest absolute Gasteiger partial charge is 0.469 e. The molecule has 0 aromatic rings. The van der Waals surface area contributed by atoms with Gasteiger partial charge in [-0.05, 0) is 77.0 Å². The Balaban J connectivity index is 3.99. The monoisotopic (exact) mass is 807 g/mol. The molecule has 0 unspecified atom stereocenters. The number of carbonyl (C=O) groups is 2. The molecular weight excluding hydrogens is 723 g/mol. The number of allylic oxidation sites excluding steroid dienone is 10. The molecule has 56 heavy (non-hydrogen) atoms. The quantitative estimate of drug-likeness (QED) is 0.0271. The summed E-state index contributed by atoms with van der Waals surface area (Å²) in [5.41, 5.74) is 0. The van der Waals surface area contributed by atoms with Gasteiger partial charge in [-0.2, -0.15) is 0 Å². The van der Waals surface area contributed by atoms with Crippen LogP contribution in [0, 0.1) is 0 Å². The Morgan fingerprint density at radius 1 is 0.464 bits per heavy atom. The number of unbranched alkanes of at least 4 members (excludes halogenated alkanes) is 21.